The van der Waals surface area contributed by atoms with Gasteiger partial charge < -0.3 is 24.7 Å². The second-order valence-electron chi connectivity index (χ2n) is 17.4. The average Bonchev–Trinajstić information content (AvgIpc) is 3.36. The molecule has 6 aromatic carbocycles. The van der Waals surface area contributed by atoms with Gasteiger partial charge in [0.2, 0.25) is 0 Å². The highest BCUT2D eigenvalue weighted by atomic mass is 16.6. The van der Waals surface area contributed by atoms with E-state index in [0.29, 0.717) is 42.3 Å². The number of carbonyl (C=O) groups is 4. The van der Waals surface area contributed by atoms with Gasteiger partial charge in [-0.15, -0.1) is 0 Å². The van der Waals surface area contributed by atoms with Crippen molar-refractivity contribution in [3.8, 4) is 23.0 Å². The number of benzene rings is 6. The van der Waals surface area contributed by atoms with E-state index in [2.05, 4.69) is 16.0 Å². The van der Waals surface area contributed by atoms with E-state index in [1.54, 1.807) is 55.0 Å². The number of Topliss-reactive ketones (excluding diaryl/α,β-unsaturated/α-hetero) is 2. The van der Waals surface area contributed by atoms with Crippen molar-refractivity contribution in [3.05, 3.63) is 203 Å². The van der Waals surface area contributed by atoms with Crippen LogP contribution in [-0.4, -0.2) is 53.2 Å². The maximum absolute atomic E-state index is 13.1. The SMILES string of the molecule is CCC(C(=O)Cc1ccc2cnccc2c1)c1ccc(OCC(=O)Oc2ccc(C)cc2C)cc1.Cc1ccc(OC(=O)COc2ccc(C(CN)C(=O)Cc3ccc4cnccc4c3)cc2)c(C)c1. The summed E-state index contributed by atoms with van der Waals surface area (Å²) < 4.78 is 22.0. The molecule has 0 aliphatic rings. The van der Waals surface area contributed by atoms with Gasteiger partial charge in [-0.1, -0.05) is 103 Å². The normalized spacial score (nSPS) is 11.7. The summed E-state index contributed by atoms with van der Waals surface area (Å²) in [5, 5.41) is 4.22. The molecule has 0 fully saturated rings. The number of esters is 2. The van der Waals surface area contributed by atoms with Crippen molar-refractivity contribution in [1.29, 1.82) is 0 Å². The summed E-state index contributed by atoms with van der Waals surface area (Å²) in [6, 6.07) is 41.6. The summed E-state index contributed by atoms with van der Waals surface area (Å²) >= 11 is 0. The number of aromatic nitrogens is 2. The van der Waals surface area contributed by atoms with Crippen molar-refractivity contribution in [2.45, 2.75) is 65.7 Å². The smallest absolute Gasteiger partial charge is 0.349 e. The Morgan fingerprint density at radius 3 is 1.34 bits per heavy atom. The van der Waals surface area contributed by atoms with Crippen LogP contribution < -0.4 is 24.7 Å². The number of hydrogen-bond acceptors (Lipinski definition) is 11. The number of nitrogens with two attached hydrogens (primary N) is 1. The highest BCUT2D eigenvalue weighted by Crippen LogP contribution is 2.27. The summed E-state index contributed by atoms with van der Waals surface area (Å²) in [6.07, 6.45) is 8.50. The fourth-order valence-corrected chi connectivity index (χ4v) is 8.25. The summed E-state index contributed by atoms with van der Waals surface area (Å²) in [7, 11) is 0. The molecule has 2 heterocycles. The quantitative estimate of drug-likeness (QED) is 0.0645. The molecular weight excluding hydrogens is 879 g/mol. The zero-order valence-electron chi connectivity index (χ0n) is 40.1. The molecule has 0 saturated carbocycles. The molecule has 8 aromatic rings. The predicted molar refractivity (Wildman–Crippen MR) is 273 cm³/mol. The van der Waals surface area contributed by atoms with E-state index in [9.17, 15) is 19.2 Å². The minimum atomic E-state index is -0.484. The van der Waals surface area contributed by atoms with Gasteiger partial charge in [-0.05, 0) is 127 Å². The number of aryl methyl sites for hydroxylation is 4. The molecule has 2 aromatic heterocycles. The van der Waals surface area contributed by atoms with E-state index < -0.39 is 17.9 Å². The third kappa shape index (κ3) is 13.6. The van der Waals surface area contributed by atoms with Crippen LogP contribution in [0.4, 0.5) is 0 Å². The topological polar surface area (TPSA) is 157 Å². The molecule has 0 bridgehead atoms. The van der Waals surface area contributed by atoms with Gasteiger partial charge in [-0.25, -0.2) is 9.59 Å². The number of pyridine rings is 2. The first-order valence-electron chi connectivity index (χ1n) is 23.3. The molecule has 0 amide bonds. The number of ketones is 2. The molecule has 2 N–H and O–H groups in total. The zero-order chi connectivity index (χ0) is 49.6. The second-order valence-corrected chi connectivity index (χ2v) is 17.4. The van der Waals surface area contributed by atoms with E-state index in [4.69, 9.17) is 24.7 Å². The predicted octanol–water partition coefficient (Wildman–Crippen LogP) is 10.8. The van der Waals surface area contributed by atoms with Crippen molar-refractivity contribution in [1.82, 2.24) is 9.97 Å². The lowest BCUT2D eigenvalue weighted by Gasteiger charge is -2.15. The van der Waals surface area contributed by atoms with Crippen molar-refractivity contribution < 1.29 is 38.1 Å². The fraction of sp³-hybridized carbons (Fsp3) is 0.220. The van der Waals surface area contributed by atoms with Crippen LogP contribution in [0.2, 0.25) is 0 Å². The van der Waals surface area contributed by atoms with Crippen LogP contribution in [0, 0.1) is 27.7 Å². The molecule has 8 rings (SSSR count). The molecule has 2 unspecified atom stereocenters. The first kappa shape index (κ1) is 49.9. The van der Waals surface area contributed by atoms with E-state index >= 15 is 0 Å². The van der Waals surface area contributed by atoms with Crippen molar-refractivity contribution in [2.24, 2.45) is 5.73 Å². The standard InChI is InChI=1S/C30H29NO4.C29H28N2O4/c1-4-27(28(32)17-22-6-7-25-18-31-14-13-24(25)16-22)23-8-10-26(11-9-23)34-19-30(33)35-29-12-5-20(2)15-21(29)3;1-19-3-10-28(20(2)13-19)35-29(33)18-34-25-8-6-22(7-9-25)26(16-30)27(32)15-21-4-5-24-17-31-12-11-23(24)14-21/h5-16,18,27H,4,17,19H2,1-3H3;3-14,17,26H,15-16,18,30H2,1-2H3. The molecule has 0 spiro atoms. The lowest BCUT2D eigenvalue weighted by Crippen LogP contribution is -2.23. The van der Waals surface area contributed by atoms with Gasteiger partial charge in [-0.2, -0.15) is 0 Å². The van der Waals surface area contributed by atoms with Gasteiger partial charge in [0.25, 0.3) is 0 Å². The Hall–Kier alpha value is -8.02. The van der Waals surface area contributed by atoms with Crippen molar-refractivity contribution >= 4 is 45.0 Å². The fourth-order valence-electron chi connectivity index (χ4n) is 8.25. The van der Waals surface area contributed by atoms with Crippen LogP contribution in [0.15, 0.2) is 158 Å². The Labute approximate surface area is 408 Å². The van der Waals surface area contributed by atoms with Crippen LogP contribution in [0.1, 0.15) is 69.7 Å². The molecule has 0 aliphatic heterocycles. The number of nitrogens with zero attached hydrogens (tertiary/aromatic N) is 2. The minimum Gasteiger partial charge on any atom is -0.482 e. The largest absolute Gasteiger partial charge is 0.482 e. The van der Waals surface area contributed by atoms with Gasteiger partial charge in [0.1, 0.15) is 34.6 Å². The third-order valence-electron chi connectivity index (χ3n) is 12.0. The van der Waals surface area contributed by atoms with Crippen molar-refractivity contribution in [3.63, 3.8) is 0 Å². The first-order chi connectivity index (χ1) is 33.8. The Morgan fingerprint density at radius 1 is 0.500 bits per heavy atom. The average molecular weight is 936 g/mol. The number of fused-ring (bicyclic) bond motifs is 2. The number of carbonyl (C=O) groups excluding carboxylic acids is 4. The molecule has 356 valence electrons. The maximum atomic E-state index is 13.1. The van der Waals surface area contributed by atoms with E-state index in [1.807, 2.05) is 132 Å². The maximum Gasteiger partial charge on any atom is 0.349 e. The van der Waals surface area contributed by atoms with Crippen LogP contribution in [0.5, 0.6) is 23.0 Å². The van der Waals surface area contributed by atoms with E-state index in [0.717, 1.165) is 66.1 Å². The first-order valence-corrected chi connectivity index (χ1v) is 23.3. The van der Waals surface area contributed by atoms with Gasteiger partial charge in [0, 0.05) is 60.9 Å². The van der Waals surface area contributed by atoms with Gasteiger partial charge in [-0.3, -0.25) is 19.6 Å². The number of hydrogen-bond donors (Lipinski definition) is 1. The van der Waals surface area contributed by atoms with Crippen LogP contribution in [0.3, 0.4) is 0 Å². The number of rotatable bonds is 18. The van der Waals surface area contributed by atoms with Gasteiger partial charge >= 0.3 is 11.9 Å². The summed E-state index contributed by atoms with van der Waals surface area (Å²) in [6.45, 7) is 9.57. The molecule has 0 radical (unpaired) electrons. The van der Waals surface area contributed by atoms with Crippen LogP contribution >= 0.6 is 0 Å². The third-order valence-corrected chi connectivity index (χ3v) is 12.0. The Balaban J connectivity index is 0.000000206. The zero-order valence-corrected chi connectivity index (χ0v) is 40.1. The Kier molecular flexibility index (Phi) is 17.0. The highest BCUT2D eigenvalue weighted by molar-refractivity contribution is 5.91. The highest BCUT2D eigenvalue weighted by Gasteiger charge is 2.21. The molecule has 70 heavy (non-hydrogen) atoms. The molecule has 2 atom stereocenters. The lowest BCUT2D eigenvalue weighted by atomic mass is 9.88. The Bertz CT molecular complexity index is 2900. The monoisotopic (exact) mass is 935 g/mol. The molecule has 0 aliphatic carbocycles. The summed E-state index contributed by atoms with van der Waals surface area (Å²) in [5.74, 6) is 0.765. The molecule has 0 saturated heterocycles. The molecule has 11 heteroatoms. The van der Waals surface area contributed by atoms with Crippen LogP contribution in [-0.2, 0) is 32.0 Å². The summed E-state index contributed by atoms with van der Waals surface area (Å²) in [4.78, 5) is 58.7. The lowest BCUT2D eigenvalue weighted by molar-refractivity contribution is -0.137. The van der Waals surface area contributed by atoms with E-state index in [-0.39, 0.29) is 37.2 Å². The van der Waals surface area contributed by atoms with Gasteiger partial charge in [0.05, 0.1) is 5.92 Å². The van der Waals surface area contributed by atoms with Crippen molar-refractivity contribution in [2.75, 3.05) is 19.8 Å². The van der Waals surface area contributed by atoms with Crippen LogP contribution in [0.25, 0.3) is 21.5 Å². The minimum absolute atomic E-state index is 0.0478. The molecular formula is C59H57N3O8. The summed E-state index contributed by atoms with van der Waals surface area (Å²) in [5.41, 5.74) is 13.6. The number of ether oxygens (including phenoxy) is 4. The Morgan fingerprint density at radius 2 is 0.929 bits per heavy atom. The second kappa shape index (κ2) is 23.8. The molecule has 11 nitrogen and oxygen atoms in total. The van der Waals surface area contributed by atoms with E-state index in [1.165, 1.54) is 0 Å². The van der Waals surface area contributed by atoms with Gasteiger partial charge in [0.15, 0.2) is 13.2 Å².